The molecule has 0 unspecified atom stereocenters. The highest BCUT2D eigenvalue weighted by atomic mass is 16.6. The van der Waals surface area contributed by atoms with E-state index in [2.05, 4.69) is 25.9 Å². The summed E-state index contributed by atoms with van der Waals surface area (Å²) in [6.45, 7) is 11.0. The van der Waals surface area contributed by atoms with Gasteiger partial charge >= 0.3 is 6.09 Å². The Morgan fingerprint density at radius 1 is 1.25 bits per heavy atom. The quantitative estimate of drug-likeness (QED) is 0.378. The van der Waals surface area contributed by atoms with Gasteiger partial charge in [-0.15, -0.1) is 0 Å². The average molecular weight is 338 g/mol. The summed E-state index contributed by atoms with van der Waals surface area (Å²) in [5, 5.41) is 9.07. The molecular weight excluding hydrogens is 308 g/mol. The van der Waals surface area contributed by atoms with Gasteiger partial charge in [-0.1, -0.05) is 0 Å². The van der Waals surface area contributed by atoms with Gasteiger partial charge < -0.3 is 25.3 Å². The molecule has 1 amide bonds. The number of guanidine groups is 1. The number of hydrogen-bond donors (Lipinski definition) is 3. The van der Waals surface area contributed by atoms with Gasteiger partial charge in [-0.25, -0.2) is 9.78 Å². The minimum absolute atomic E-state index is 0.411. The normalized spacial score (nSPS) is 11.9. The van der Waals surface area contributed by atoms with Crippen LogP contribution in [-0.4, -0.2) is 53.4 Å². The second-order valence-electron chi connectivity index (χ2n) is 6.27. The number of hydrogen-bond acceptors (Lipinski definition) is 4. The van der Waals surface area contributed by atoms with Crippen molar-refractivity contribution >= 4 is 12.1 Å². The number of aromatic nitrogens is 2. The number of alkyl carbamates (subject to hydrolysis) is 1. The Morgan fingerprint density at radius 2 is 2.00 bits per heavy atom. The fourth-order valence-electron chi connectivity index (χ4n) is 1.86. The van der Waals surface area contributed by atoms with Gasteiger partial charge in [-0.3, -0.25) is 4.99 Å². The molecule has 0 radical (unpaired) electrons. The maximum Gasteiger partial charge on any atom is 0.407 e. The molecule has 0 bridgehead atoms. The van der Waals surface area contributed by atoms with Crippen LogP contribution in [0.25, 0.3) is 0 Å². The van der Waals surface area contributed by atoms with E-state index in [1.807, 2.05) is 38.5 Å². The molecule has 0 aliphatic heterocycles. The van der Waals surface area contributed by atoms with Gasteiger partial charge in [0.2, 0.25) is 0 Å². The van der Waals surface area contributed by atoms with E-state index in [4.69, 9.17) is 4.74 Å². The standard InChI is InChI=1S/C16H30N6O2/c1-5-18-14(19-7-6-11-22-12-10-17-13-22)20-8-9-21-15(23)24-16(2,3)4/h10,12-13H,5-9,11H2,1-4H3,(H,21,23)(H2,18,19,20). The maximum atomic E-state index is 11.5. The molecule has 3 N–H and O–H groups in total. The Hall–Kier alpha value is -2.25. The highest BCUT2D eigenvalue weighted by Crippen LogP contribution is 2.05. The Bertz CT molecular complexity index is 493. The number of nitrogens with one attached hydrogen (secondary N) is 3. The van der Waals surface area contributed by atoms with Gasteiger partial charge in [0, 0.05) is 45.1 Å². The smallest absolute Gasteiger partial charge is 0.407 e. The zero-order valence-electron chi connectivity index (χ0n) is 15.1. The number of imidazole rings is 1. The van der Waals surface area contributed by atoms with E-state index in [9.17, 15) is 4.79 Å². The molecule has 0 saturated carbocycles. The van der Waals surface area contributed by atoms with Crippen molar-refractivity contribution in [3.63, 3.8) is 0 Å². The van der Waals surface area contributed by atoms with Crippen LogP contribution in [0.5, 0.6) is 0 Å². The fourth-order valence-corrected chi connectivity index (χ4v) is 1.86. The predicted molar refractivity (Wildman–Crippen MR) is 95.1 cm³/mol. The Morgan fingerprint density at radius 3 is 2.62 bits per heavy atom. The van der Waals surface area contributed by atoms with E-state index in [0.29, 0.717) is 19.6 Å². The number of rotatable bonds is 8. The lowest BCUT2D eigenvalue weighted by molar-refractivity contribution is 0.0529. The van der Waals surface area contributed by atoms with Gasteiger partial charge in [0.05, 0.1) is 6.33 Å². The third-order valence-corrected chi connectivity index (χ3v) is 2.83. The zero-order chi connectivity index (χ0) is 17.8. The number of carbonyl (C=O) groups is 1. The molecule has 136 valence electrons. The Labute approximate surface area is 144 Å². The van der Waals surface area contributed by atoms with E-state index >= 15 is 0 Å². The molecule has 0 atom stereocenters. The largest absolute Gasteiger partial charge is 0.444 e. The zero-order valence-corrected chi connectivity index (χ0v) is 15.1. The van der Waals surface area contributed by atoms with Crippen molar-refractivity contribution in [2.45, 2.75) is 46.3 Å². The highest BCUT2D eigenvalue weighted by molar-refractivity contribution is 5.79. The monoisotopic (exact) mass is 338 g/mol. The molecule has 8 heteroatoms. The van der Waals surface area contributed by atoms with Crippen molar-refractivity contribution in [1.82, 2.24) is 25.5 Å². The van der Waals surface area contributed by atoms with E-state index in [-0.39, 0.29) is 0 Å². The molecule has 1 aromatic rings. The number of aryl methyl sites for hydroxylation is 1. The van der Waals surface area contributed by atoms with Crippen molar-refractivity contribution in [2.75, 3.05) is 26.2 Å². The first kappa shape index (κ1) is 19.8. The summed E-state index contributed by atoms with van der Waals surface area (Å²) in [7, 11) is 0. The van der Waals surface area contributed by atoms with Crippen molar-refractivity contribution in [1.29, 1.82) is 0 Å². The molecule has 1 rings (SSSR count). The van der Waals surface area contributed by atoms with Crippen LogP contribution in [-0.2, 0) is 11.3 Å². The number of aliphatic imine (C=N–C) groups is 1. The highest BCUT2D eigenvalue weighted by Gasteiger charge is 2.15. The fraction of sp³-hybridized carbons (Fsp3) is 0.688. The van der Waals surface area contributed by atoms with E-state index in [1.54, 1.807) is 12.5 Å². The van der Waals surface area contributed by atoms with E-state index < -0.39 is 11.7 Å². The van der Waals surface area contributed by atoms with Gasteiger partial charge in [0.25, 0.3) is 0 Å². The number of carbonyl (C=O) groups excluding carboxylic acids is 1. The SMILES string of the molecule is CCNC(=NCCCn1ccnc1)NCCNC(=O)OC(C)(C)C. The molecule has 0 aliphatic carbocycles. The van der Waals surface area contributed by atoms with Crippen LogP contribution in [0.3, 0.4) is 0 Å². The second-order valence-corrected chi connectivity index (χ2v) is 6.27. The lowest BCUT2D eigenvalue weighted by Gasteiger charge is -2.19. The first-order chi connectivity index (χ1) is 11.4. The van der Waals surface area contributed by atoms with Gasteiger partial charge in [-0.05, 0) is 34.1 Å². The van der Waals surface area contributed by atoms with E-state index in [0.717, 1.165) is 25.5 Å². The third kappa shape index (κ3) is 9.70. The van der Waals surface area contributed by atoms with Crippen LogP contribution in [0.2, 0.25) is 0 Å². The Kier molecular flexibility index (Phi) is 8.67. The van der Waals surface area contributed by atoms with Crippen molar-refractivity contribution in [3.05, 3.63) is 18.7 Å². The molecule has 8 nitrogen and oxygen atoms in total. The molecule has 0 spiro atoms. The number of nitrogens with zero attached hydrogens (tertiary/aromatic N) is 3. The summed E-state index contributed by atoms with van der Waals surface area (Å²) in [5.41, 5.74) is -0.483. The van der Waals surface area contributed by atoms with Crippen molar-refractivity contribution in [2.24, 2.45) is 4.99 Å². The molecule has 0 aliphatic rings. The second kappa shape index (κ2) is 10.5. The van der Waals surface area contributed by atoms with Crippen molar-refractivity contribution < 1.29 is 9.53 Å². The van der Waals surface area contributed by atoms with Gasteiger partial charge in [-0.2, -0.15) is 0 Å². The summed E-state index contributed by atoms with van der Waals surface area (Å²) in [6, 6.07) is 0. The lowest BCUT2D eigenvalue weighted by Crippen LogP contribution is -2.42. The molecule has 24 heavy (non-hydrogen) atoms. The van der Waals surface area contributed by atoms with Gasteiger partial charge in [0.15, 0.2) is 5.96 Å². The minimum atomic E-state index is -0.483. The van der Waals surface area contributed by atoms with Crippen LogP contribution < -0.4 is 16.0 Å². The number of ether oxygens (including phenoxy) is 1. The molecular formula is C16H30N6O2. The summed E-state index contributed by atoms with van der Waals surface area (Å²) >= 11 is 0. The Balaban J connectivity index is 2.22. The average Bonchev–Trinajstić information content (AvgIpc) is 2.99. The van der Waals surface area contributed by atoms with Crippen LogP contribution in [0.1, 0.15) is 34.1 Å². The van der Waals surface area contributed by atoms with Crippen LogP contribution in [0.4, 0.5) is 4.79 Å². The molecule has 0 aromatic carbocycles. The molecule has 1 aromatic heterocycles. The number of amides is 1. The predicted octanol–water partition coefficient (Wildman–Crippen LogP) is 1.35. The molecule has 0 saturated heterocycles. The van der Waals surface area contributed by atoms with Crippen LogP contribution in [0, 0.1) is 0 Å². The summed E-state index contributed by atoms with van der Waals surface area (Å²) in [5.74, 6) is 0.745. The van der Waals surface area contributed by atoms with Crippen molar-refractivity contribution in [3.8, 4) is 0 Å². The molecule has 1 heterocycles. The van der Waals surface area contributed by atoms with Gasteiger partial charge in [0.1, 0.15) is 5.60 Å². The summed E-state index contributed by atoms with van der Waals surface area (Å²) < 4.78 is 7.20. The summed E-state index contributed by atoms with van der Waals surface area (Å²) in [6.07, 6.45) is 6.03. The third-order valence-electron chi connectivity index (χ3n) is 2.83. The first-order valence-corrected chi connectivity index (χ1v) is 8.35. The van der Waals surface area contributed by atoms with Crippen LogP contribution >= 0.6 is 0 Å². The minimum Gasteiger partial charge on any atom is -0.444 e. The topological polar surface area (TPSA) is 92.6 Å². The lowest BCUT2D eigenvalue weighted by atomic mass is 10.2. The van der Waals surface area contributed by atoms with E-state index in [1.165, 1.54) is 0 Å². The summed E-state index contributed by atoms with van der Waals surface area (Å²) in [4.78, 5) is 20.1. The first-order valence-electron chi connectivity index (χ1n) is 8.35. The molecule has 0 fully saturated rings. The van der Waals surface area contributed by atoms with Crippen LogP contribution in [0.15, 0.2) is 23.7 Å². The maximum absolute atomic E-state index is 11.5.